The molecule has 1 saturated heterocycles. The molecule has 1 amide bonds. The summed E-state index contributed by atoms with van der Waals surface area (Å²) in [5.41, 5.74) is 0.0422. The lowest BCUT2D eigenvalue weighted by molar-refractivity contribution is -0.0922. The second kappa shape index (κ2) is 6.93. The van der Waals surface area contributed by atoms with Gasteiger partial charge in [0.25, 0.3) is 5.91 Å². The van der Waals surface area contributed by atoms with Crippen LogP contribution < -0.4 is 0 Å². The van der Waals surface area contributed by atoms with Crippen LogP contribution in [0.25, 0.3) is 0 Å². The maximum Gasteiger partial charge on any atom is 0.339 e. The number of rotatable bonds is 5. The molecule has 0 radical (unpaired) electrons. The van der Waals surface area contributed by atoms with Gasteiger partial charge in [-0.2, -0.15) is 0 Å². The monoisotopic (exact) mass is 311 g/mol. The zero-order valence-corrected chi connectivity index (χ0v) is 13.0. The summed E-state index contributed by atoms with van der Waals surface area (Å²) in [6.07, 6.45) is 0.107. The normalized spacial score (nSPS) is 21.9. The smallest absolute Gasteiger partial charge is 0.339 e. The van der Waals surface area contributed by atoms with E-state index in [1.807, 2.05) is 6.92 Å². The van der Waals surface area contributed by atoms with Crippen molar-refractivity contribution in [3.05, 3.63) is 23.2 Å². The van der Waals surface area contributed by atoms with Crippen LogP contribution >= 0.6 is 0 Å². The van der Waals surface area contributed by atoms with Gasteiger partial charge >= 0.3 is 5.97 Å². The van der Waals surface area contributed by atoms with Crippen LogP contribution in [0.15, 0.2) is 10.5 Å². The van der Waals surface area contributed by atoms with Gasteiger partial charge in [-0.05, 0) is 6.92 Å². The molecule has 1 aliphatic rings. The van der Waals surface area contributed by atoms with Crippen molar-refractivity contribution in [3.63, 3.8) is 0 Å². The summed E-state index contributed by atoms with van der Waals surface area (Å²) in [6.45, 7) is 4.88. The third kappa shape index (κ3) is 3.48. The fourth-order valence-corrected chi connectivity index (χ4v) is 2.62. The first kappa shape index (κ1) is 16.5. The molecule has 1 N–H and O–H groups in total. The lowest BCUT2D eigenvalue weighted by Crippen LogP contribution is -2.50. The molecule has 1 aromatic rings. The minimum Gasteiger partial charge on any atom is -0.478 e. The standard InChI is InChI=1S/C15H21NO6/c1-4-12-11(15(18)19)5-13(22-12)14(17)16-6-9(2)21-10(7-16)8-20-3/h5,9-10H,4,6-8H2,1-3H3,(H,18,19). The van der Waals surface area contributed by atoms with Crippen LogP contribution in [0.3, 0.4) is 0 Å². The van der Waals surface area contributed by atoms with Crippen molar-refractivity contribution < 1.29 is 28.6 Å². The van der Waals surface area contributed by atoms with Crippen LogP contribution in [-0.4, -0.2) is 60.9 Å². The average Bonchev–Trinajstić information content (AvgIpc) is 2.90. The van der Waals surface area contributed by atoms with Gasteiger partial charge < -0.3 is 23.9 Å². The first-order valence-electron chi connectivity index (χ1n) is 7.25. The Kier molecular flexibility index (Phi) is 5.20. The highest BCUT2D eigenvalue weighted by Gasteiger charge is 2.31. The molecule has 1 aromatic heterocycles. The van der Waals surface area contributed by atoms with Gasteiger partial charge in [0.2, 0.25) is 0 Å². The van der Waals surface area contributed by atoms with Crippen LogP contribution in [-0.2, 0) is 15.9 Å². The maximum absolute atomic E-state index is 12.5. The highest BCUT2D eigenvalue weighted by molar-refractivity contribution is 5.96. The zero-order valence-electron chi connectivity index (χ0n) is 13.0. The molecule has 2 rings (SSSR count). The molecule has 2 atom stereocenters. The lowest BCUT2D eigenvalue weighted by Gasteiger charge is -2.36. The van der Waals surface area contributed by atoms with Gasteiger partial charge in [0.1, 0.15) is 11.3 Å². The minimum absolute atomic E-state index is 0.0422. The zero-order chi connectivity index (χ0) is 16.3. The Morgan fingerprint density at radius 2 is 2.18 bits per heavy atom. The third-order valence-electron chi connectivity index (χ3n) is 3.54. The molecule has 2 unspecified atom stereocenters. The molecule has 22 heavy (non-hydrogen) atoms. The van der Waals surface area contributed by atoms with E-state index in [0.29, 0.717) is 31.9 Å². The van der Waals surface area contributed by atoms with Gasteiger partial charge in [-0.1, -0.05) is 6.92 Å². The van der Waals surface area contributed by atoms with Crippen LogP contribution in [0.2, 0.25) is 0 Å². The van der Waals surface area contributed by atoms with Crippen LogP contribution in [0, 0.1) is 0 Å². The van der Waals surface area contributed by atoms with Gasteiger partial charge in [0.15, 0.2) is 5.76 Å². The highest BCUT2D eigenvalue weighted by Crippen LogP contribution is 2.20. The summed E-state index contributed by atoms with van der Waals surface area (Å²) in [5, 5.41) is 9.13. The topological polar surface area (TPSA) is 89.2 Å². The Morgan fingerprint density at radius 1 is 1.45 bits per heavy atom. The Bertz CT molecular complexity index is 552. The van der Waals surface area contributed by atoms with Gasteiger partial charge in [-0.3, -0.25) is 4.79 Å². The van der Waals surface area contributed by atoms with Gasteiger partial charge in [-0.15, -0.1) is 0 Å². The average molecular weight is 311 g/mol. The number of hydrogen-bond acceptors (Lipinski definition) is 5. The van der Waals surface area contributed by atoms with Crippen molar-refractivity contribution in [2.45, 2.75) is 32.5 Å². The predicted molar refractivity (Wildman–Crippen MR) is 77.2 cm³/mol. The number of carbonyl (C=O) groups is 2. The van der Waals surface area contributed by atoms with Crippen molar-refractivity contribution >= 4 is 11.9 Å². The molecule has 7 nitrogen and oxygen atoms in total. The predicted octanol–water partition coefficient (Wildman–Crippen LogP) is 1.42. The number of carbonyl (C=O) groups excluding carboxylic acids is 1. The number of hydrogen-bond donors (Lipinski definition) is 1. The van der Waals surface area contributed by atoms with E-state index in [0.717, 1.165) is 0 Å². The number of ether oxygens (including phenoxy) is 2. The van der Waals surface area contributed by atoms with Crippen molar-refractivity contribution in [1.82, 2.24) is 4.90 Å². The molecule has 7 heteroatoms. The van der Waals surface area contributed by atoms with E-state index in [2.05, 4.69) is 0 Å². The second-order valence-electron chi connectivity index (χ2n) is 5.34. The summed E-state index contributed by atoms with van der Waals surface area (Å²) in [6, 6.07) is 1.30. The first-order valence-corrected chi connectivity index (χ1v) is 7.25. The molecule has 1 fully saturated rings. The number of nitrogens with zero attached hydrogens (tertiary/aromatic N) is 1. The summed E-state index contributed by atoms with van der Waals surface area (Å²) in [4.78, 5) is 25.3. The largest absolute Gasteiger partial charge is 0.478 e. The molecule has 0 aromatic carbocycles. The summed E-state index contributed by atoms with van der Waals surface area (Å²) >= 11 is 0. The third-order valence-corrected chi connectivity index (χ3v) is 3.54. The molecular formula is C15H21NO6. The molecule has 2 heterocycles. The number of aryl methyl sites for hydroxylation is 1. The van der Waals surface area contributed by atoms with E-state index in [1.54, 1.807) is 18.9 Å². The molecule has 0 spiro atoms. The highest BCUT2D eigenvalue weighted by atomic mass is 16.5. The van der Waals surface area contributed by atoms with E-state index in [-0.39, 0.29) is 29.4 Å². The Morgan fingerprint density at radius 3 is 2.73 bits per heavy atom. The number of carboxylic acid groups (broad SMARTS) is 1. The maximum atomic E-state index is 12.5. The van der Waals surface area contributed by atoms with Gasteiger partial charge in [0.05, 0.1) is 18.8 Å². The SMILES string of the molecule is CCc1oc(C(=O)N2CC(C)OC(COC)C2)cc1C(=O)O. The number of carboxylic acids is 1. The summed E-state index contributed by atoms with van der Waals surface area (Å²) in [7, 11) is 1.58. The van der Waals surface area contributed by atoms with Crippen LogP contribution in [0.5, 0.6) is 0 Å². The fraction of sp³-hybridized carbons (Fsp3) is 0.600. The number of methoxy groups -OCH3 is 1. The van der Waals surface area contributed by atoms with Crippen molar-refractivity contribution in [2.24, 2.45) is 0 Å². The summed E-state index contributed by atoms with van der Waals surface area (Å²) < 4.78 is 16.2. The number of morpholine rings is 1. The van der Waals surface area contributed by atoms with E-state index in [1.165, 1.54) is 6.07 Å². The minimum atomic E-state index is -1.09. The Labute approximate surface area is 128 Å². The van der Waals surface area contributed by atoms with Crippen molar-refractivity contribution in [1.29, 1.82) is 0 Å². The molecule has 0 bridgehead atoms. The van der Waals surface area contributed by atoms with Crippen molar-refractivity contribution in [3.8, 4) is 0 Å². The quantitative estimate of drug-likeness (QED) is 0.884. The number of furan rings is 1. The lowest BCUT2D eigenvalue weighted by atomic mass is 10.2. The van der Waals surface area contributed by atoms with Crippen LogP contribution in [0.4, 0.5) is 0 Å². The number of amides is 1. The Balaban J connectivity index is 2.18. The summed E-state index contributed by atoms with van der Waals surface area (Å²) in [5.74, 6) is -1.05. The Hall–Kier alpha value is -1.86. The fourth-order valence-electron chi connectivity index (χ4n) is 2.62. The molecule has 1 aliphatic heterocycles. The first-order chi connectivity index (χ1) is 10.5. The van der Waals surface area contributed by atoms with Crippen molar-refractivity contribution in [2.75, 3.05) is 26.8 Å². The van der Waals surface area contributed by atoms with E-state index in [4.69, 9.17) is 19.0 Å². The number of aromatic carboxylic acids is 1. The van der Waals surface area contributed by atoms with Gasteiger partial charge in [-0.25, -0.2) is 4.79 Å². The molecule has 122 valence electrons. The second-order valence-corrected chi connectivity index (χ2v) is 5.34. The van der Waals surface area contributed by atoms with E-state index in [9.17, 15) is 9.59 Å². The molecule has 0 aliphatic carbocycles. The molecule has 0 saturated carbocycles. The van der Waals surface area contributed by atoms with Gasteiger partial charge in [0, 0.05) is 32.7 Å². The van der Waals surface area contributed by atoms with E-state index < -0.39 is 5.97 Å². The van der Waals surface area contributed by atoms with E-state index >= 15 is 0 Å². The molecular weight excluding hydrogens is 290 g/mol. The van der Waals surface area contributed by atoms with Crippen LogP contribution in [0.1, 0.15) is 40.5 Å².